The Morgan fingerprint density at radius 1 is 1.05 bits per heavy atom. The van der Waals surface area contributed by atoms with Gasteiger partial charge >= 0.3 is 6.18 Å². The average molecular weight is 619 g/mol. The Kier molecular flexibility index (Phi) is 10.0. The van der Waals surface area contributed by atoms with Gasteiger partial charge in [0.1, 0.15) is 12.0 Å². The Labute approximate surface area is 248 Å². The number of amides is 1. The van der Waals surface area contributed by atoms with E-state index in [1.807, 2.05) is 18.2 Å². The van der Waals surface area contributed by atoms with Crippen LogP contribution in [-0.4, -0.2) is 67.5 Å². The number of hydrogen-bond donors (Lipinski definition) is 3. The first-order valence-corrected chi connectivity index (χ1v) is 14.5. The third-order valence-electron chi connectivity index (χ3n) is 8.34. The molecule has 2 aliphatic rings. The molecule has 1 amide bonds. The molecule has 12 heteroatoms. The number of carbonyl (C=O) groups is 1. The van der Waals surface area contributed by atoms with Crippen molar-refractivity contribution in [3.63, 3.8) is 0 Å². The van der Waals surface area contributed by atoms with Crippen molar-refractivity contribution >= 4 is 34.8 Å². The molecule has 2 aliphatic heterocycles. The van der Waals surface area contributed by atoms with E-state index in [0.717, 1.165) is 55.1 Å². The van der Waals surface area contributed by atoms with Crippen molar-refractivity contribution in [2.45, 2.75) is 50.1 Å². The zero-order chi connectivity index (χ0) is 29.9. The summed E-state index contributed by atoms with van der Waals surface area (Å²) in [4.78, 5) is 16.6. The van der Waals surface area contributed by atoms with Crippen molar-refractivity contribution in [2.75, 3.05) is 45.2 Å². The Hall–Kier alpha value is -2.24. The summed E-state index contributed by atoms with van der Waals surface area (Å²) in [6, 6.07) is 8.89. The molecule has 2 saturated heterocycles. The summed E-state index contributed by atoms with van der Waals surface area (Å²) in [6.07, 6.45) is -2.04. The molecule has 2 fully saturated rings. The molecule has 7 nitrogen and oxygen atoms in total. The standard InChI is InChI=1S/C29H36Cl2F3N3O4/c1-35-26(38)24-4-3-22(17-25(24)31)36-9-5-18(6-10-36)13-19-7-11-37(12-8-19)27(39)28(40,29(32,33)34)20-14-21(30)16-23(15-20)41-2/h3-4,14-19,26,35,38,40H,5-13H2,1-2H3. The van der Waals surface area contributed by atoms with Crippen LogP contribution in [-0.2, 0) is 10.4 Å². The smallest absolute Gasteiger partial charge is 0.430 e. The Balaban J connectivity index is 1.33. The highest BCUT2D eigenvalue weighted by Gasteiger charge is 2.62. The molecule has 2 aromatic rings. The van der Waals surface area contributed by atoms with E-state index in [0.29, 0.717) is 29.3 Å². The maximum atomic E-state index is 14.2. The highest BCUT2D eigenvalue weighted by atomic mass is 35.5. The van der Waals surface area contributed by atoms with E-state index in [2.05, 4.69) is 10.2 Å². The number of alkyl halides is 3. The maximum Gasteiger partial charge on any atom is 0.430 e. The number of anilines is 1. The number of nitrogens with one attached hydrogen (secondary N) is 1. The number of halogens is 5. The van der Waals surface area contributed by atoms with Crippen LogP contribution in [0.5, 0.6) is 5.75 Å². The molecule has 0 spiro atoms. The van der Waals surface area contributed by atoms with Crippen molar-refractivity contribution in [1.82, 2.24) is 10.2 Å². The summed E-state index contributed by atoms with van der Waals surface area (Å²) >= 11 is 12.3. The fourth-order valence-corrected chi connectivity index (χ4v) is 6.39. The van der Waals surface area contributed by atoms with Gasteiger partial charge in [-0.25, -0.2) is 0 Å². The van der Waals surface area contributed by atoms with E-state index in [1.165, 1.54) is 13.2 Å². The molecule has 0 aromatic heterocycles. The fourth-order valence-electron chi connectivity index (χ4n) is 5.89. The third kappa shape index (κ3) is 6.88. The monoisotopic (exact) mass is 617 g/mol. The van der Waals surface area contributed by atoms with E-state index in [1.54, 1.807) is 7.05 Å². The topological polar surface area (TPSA) is 85.3 Å². The predicted molar refractivity (Wildman–Crippen MR) is 152 cm³/mol. The van der Waals surface area contributed by atoms with E-state index in [9.17, 15) is 28.2 Å². The first-order chi connectivity index (χ1) is 19.4. The van der Waals surface area contributed by atoms with Crippen molar-refractivity contribution < 1.29 is 32.9 Å². The lowest BCUT2D eigenvalue weighted by atomic mass is 9.82. The van der Waals surface area contributed by atoms with E-state index >= 15 is 0 Å². The minimum absolute atomic E-state index is 0.0143. The van der Waals surface area contributed by atoms with Crippen molar-refractivity contribution in [2.24, 2.45) is 11.8 Å². The molecule has 0 bridgehead atoms. The van der Waals surface area contributed by atoms with Crippen LogP contribution in [0.1, 0.15) is 49.5 Å². The van der Waals surface area contributed by atoms with Crippen LogP contribution < -0.4 is 15.0 Å². The van der Waals surface area contributed by atoms with Crippen LogP contribution >= 0.6 is 23.2 Å². The fraction of sp³-hybridized carbons (Fsp3) is 0.552. The van der Waals surface area contributed by atoms with Crippen molar-refractivity contribution in [3.05, 3.63) is 57.6 Å². The number of likely N-dealkylation sites (tertiary alicyclic amines) is 1. The number of ether oxygens (including phenoxy) is 1. The zero-order valence-electron chi connectivity index (χ0n) is 23.1. The molecule has 0 saturated carbocycles. The van der Waals surface area contributed by atoms with Crippen LogP contribution in [0, 0.1) is 11.8 Å². The average Bonchev–Trinajstić information content (AvgIpc) is 2.95. The molecule has 0 radical (unpaired) electrons. The van der Waals surface area contributed by atoms with Gasteiger partial charge in [0, 0.05) is 53.0 Å². The Morgan fingerprint density at radius 2 is 1.66 bits per heavy atom. The maximum absolute atomic E-state index is 14.2. The highest BCUT2D eigenvalue weighted by molar-refractivity contribution is 6.31. The number of methoxy groups -OCH3 is 1. The normalized spacial score (nSPS) is 19.6. The first-order valence-electron chi connectivity index (χ1n) is 13.7. The number of rotatable bonds is 8. The zero-order valence-corrected chi connectivity index (χ0v) is 24.6. The molecular weight excluding hydrogens is 582 g/mol. The number of piperidine rings is 2. The van der Waals surface area contributed by atoms with E-state index < -0.39 is 29.5 Å². The van der Waals surface area contributed by atoms with E-state index in [4.69, 9.17) is 27.9 Å². The minimum Gasteiger partial charge on any atom is -0.497 e. The number of aliphatic hydroxyl groups is 2. The molecular formula is C29H36Cl2F3N3O4. The molecule has 0 aliphatic carbocycles. The number of nitrogens with zero attached hydrogens (tertiary/aromatic N) is 2. The summed E-state index contributed by atoms with van der Waals surface area (Å²) in [5.41, 5.74) is -2.76. The van der Waals surface area contributed by atoms with E-state index in [-0.39, 0.29) is 29.8 Å². The number of hydrogen-bond acceptors (Lipinski definition) is 6. The van der Waals surface area contributed by atoms with Gasteiger partial charge < -0.3 is 24.7 Å². The van der Waals surface area contributed by atoms with Crippen molar-refractivity contribution in [3.8, 4) is 5.75 Å². The Morgan fingerprint density at radius 3 is 2.20 bits per heavy atom. The summed E-state index contributed by atoms with van der Waals surface area (Å²) in [7, 11) is 2.92. The second-order valence-electron chi connectivity index (χ2n) is 10.9. The largest absolute Gasteiger partial charge is 0.497 e. The lowest BCUT2D eigenvalue weighted by Gasteiger charge is -2.40. The SMILES string of the molecule is CNC(O)c1ccc(N2CCC(CC3CCN(C(=O)C(O)(c4cc(Cl)cc(OC)c4)C(F)(F)F)CC3)CC2)cc1Cl. The number of carbonyl (C=O) groups excluding carboxylic acids is 1. The second kappa shape index (κ2) is 13.0. The summed E-state index contributed by atoms with van der Waals surface area (Å²) < 4.78 is 47.6. The van der Waals surface area contributed by atoms with Crippen molar-refractivity contribution in [1.29, 1.82) is 0 Å². The quantitative estimate of drug-likeness (QED) is 0.339. The molecule has 4 rings (SSSR count). The number of benzene rings is 2. The van der Waals surface area contributed by atoms with Gasteiger partial charge in [0.25, 0.3) is 11.5 Å². The van der Waals surface area contributed by atoms with Crippen LogP contribution in [0.4, 0.5) is 18.9 Å². The van der Waals surface area contributed by atoms with Gasteiger partial charge in [-0.1, -0.05) is 29.3 Å². The molecule has 2 aromatic carbocycles. The van der Waals surface area contributed by atoms with Crippen LogP contribution in [0.25, 0.3) is 0 Å². The van der Waals surface area contributed by atoms with Crippen LogP contribution in [0.15, 0.2) is 36.4 Å². The van der Waals surface area contributed by atoms with Gasteiger partial charge in [-0.05, 0) is 81.3 Å². The molecule has 41 heavy (non-hydrogen) atoms. The van der Waals surface area contributed by atoms with Gasteiger partial charge in [-0.2, -0.15) is 13.2 Å². The Bertz CT molecular complexity index is 1220. The molecule has 3 N–H and O–H groups in total. The molecule has 2 atom stereocenters. The lowest BCUT2D eigenvalue weighted by molar-refractivity contribution is -0.262. The van der Waals surface area contributed by atoms with Gasteiger partial charge in [-0.15, -0.1) is 0 Å². The van der Waals surface area contributed by atoms with Gasteiger partial charge in [0.05, 0.1) is 7.11 Å². The summed E-state index contributed by atoms with van der Waals surface area (Å²) in [5.74, 6) is -0.614. The predicted octanol–water partition coefficient (Wildman–Crippen LogP) is 5.51. The summed E-state index contributed by atoms with van der Waals surface area (Å²) in [6.45, 7) is 1.99. The molecule has 2 unspecified atom stereocenters. The lowest BCUT2D eigenvalue weighted by Crippen LogP contribution is -2.57. The van der Waals surface area contributed by atoms with Crippen LogP contribution in [0.3, 0.4) is 0 Å². The molecule has 2 heterocycles. The van der Waals surface area contributed by atoms with Gasteiger partial charge in [-0.3, -0.25) is 10.1 Å². The van der Waals surface area contributed by atoms with Gasteiger partial charge in [0.15, 0.2) is 0 Å². The highest BCUT2D eigenvalue weighted by Crippen LogP contribution is 2.43. The molecule has 226 valence electrons. The van der Waals surface area contributed by atoms with Gasteiger partial charge in [0.2, 0.25) is 0 Å². The second-order valence-corrected chi connectivity index (χ2v) is 11.7. The summed E-state index contributed by atoms with van der Waals surface area (Å²) in [5, 5.41) is 24.0. The van der Waals surface area contributed by atoms with Crippen LogP contribution in [0.2, 0.25) is 10.0 Å². The number of aliphatic hydroxyl groups excluding tert-OH is 1. The first kappa shape index (κ1) is 31.7. The minimum atomic E-state index is -5.25. The third-order valence-corrected chi connectivity index (χ3v) is 8.89.